The molecule has 0 saturated carbocycles. The van der Waals surface area contributed by atoms with Crippen molar-refractivity contribution in [2.45, 2.75) is 24.9 Å². The van der Waals surface area contributed by atoms with Crippen LogP contribution in [0.15, 0.2) is 0 Å². The van der Waals surface area contributed by atoms with Crippen LogP contribution in [0.1, 0.15) is 12.8 Å². The van der Waals surface area contributed by atoms with Crippen LogP contribution in [0.3, 0.4) is 0 Å². The summed E-state index contributed by atoms with van der Waals surface area (Å²) in [6.07, 6.45) is -1.24. The molecule has 2 atom stereocenters. The van der Waals surface area contributed by atoms with Gasteiger partial charge in [-0.05, 0) is 0 Å². The van der Waals surface area contributed by atoms with Crippen molar-refractivity contribution in [3.8, 4) is 0 Å². The molecule has 0 radical (unpaired) electrons. The molecule has 19 heavy (non-hydrogen) atoms. The molecular weight excluding hydrogens is 276 g/mol. The molecule has 0 aliphatic rings. The van der Waals surface area contributed by atoms with Crippen LogP contribution in [0.5, 0.6) is 0 Å². The number of hydrogen-bond donors (Lipinski definition) is 4. The fraction of sp³-hybridized carbons (Fsp3) is 0.500. The minimum atomic E-state index is -1.58. The Hall–Kier alpha value is -1.43. The van der Waals surface area contributed by atoms with E-state index in [1.54, 1.807) is 0 Å². The maximum Gasteiger partial charge on any atom is 2.00 e. The monoisotopic (exact) mass is 288 g/mol. The van der Waals surface area contributed by atoms with Gasteiger partial charge in [0.25, 0.3) is 0 Å². The second-order valence-corrected chi connectivity index (χ2v) is 3.04. The Morgan fingerprint density at radius 2 is 1.37 bits per heavy atom. The summed E-state index contributed by atoms with van der Waals surface area (Å²) in [6, 6.07) is -2.75. The van der Waals surface area contributed by atoms with E-state index >= 15 is 0 Å². The van der Waals surface area contributed by atoms with Gasteiger partial charge in [0.2, 0.25) is 0 Å². The zero-order chi connectivity index (χ0) is 14.9. The van der Waals surface area contributed by atoms with Crippen molar-refractivity contribution in [3.63, 3.8) is 0 Å². The van der Waals surface area contributed by atoms with Gasteiger partial charge in [-0.1, -0.05) is 0 Å². The van der Waals surface area contributed by atoms with Crippen molar-refractivity contribution < 1.29 is 39.6 Å². The van der Waals surface area contributed by atoms with Crippen LogP contribution in [-0.2, 0) is 19.2 Å². The summed E-state index contributed by atoms with van der Waals surface area (Å²) in [5.74, 6) is -5.58. The van der Waals surface area contributed by atoms with E-state index in [4.69, 9.17) is 21.7 Å². The minimum Gasteiger partial charge on any atom is -0.550 e. The van der Waals surface area contributed by atoms with E-state index in [1.807, 2.05) is 0 Å². The van der Waals surface area contributed by atoms with Gasteiger partial charge in [-0.2, -0.15) is 0 Å². The van der Waals surface area contributed by atoms with E-state index in [0.29, 0.717) is 0 Å². The number of carbonyl (C=O) groups is 4. The van der Waals surface area contributed by atoms with Crippen LogP contribution in [0, 0.1) is 0 Å². The molecule has 0 bridgehead atoms. The molecule has 0 fully saturated rings. The SMILES string of the molecule is N[C@@H](CC(=O)O)C(=O)O.N[C@H](CC(=O)[O-])C(=O)[O-].[Mg+2]. The summed E-state index contributed by atoms with van der Waals surface area (Å²) in [4.78, 5) is 39.0. The van der Waals surface area contributed by atoms with Crippen LogP contribution in [0.2, 0.25) is 0 Å². The molecule has 104 valence electrons. The van der Waals surface area contributed by atoms with Crippen molar-refractivity contribution in [2.24, 2.45) is 11.5 Å². The average molecular weight is 288 g/mol. The van der Waals surface area contributed by atoms with Crippen LogP contribution >= 0.6 is 0 Å². The zero-order valence-electron chi connectivity index (χ0n) is 9.77. The Kier molecular flexibility index (Phi) is 13.9. The first kappa shape index (κ1) is 22.7. The zero-order valence-corrected chi connectivity index (χ0v) is 11.2. The van der Waals surface area contributed by atoms with Crippen LogP contribution in [0.4, 0.5) is 0 Å². The normalized spacial score (nSPS) is 11.9. The third-order valence-electron chi connectivity index (χ3n) is 1.40. The van der Waals surface area contributed by atoms with E-state index in [1.165, 1.54) is 0 Å². The van der Waals surface area contributed by atoms with Crippen molar-refractivity contribution in [3.05, 3.63) is 0 Å². The molecule has 0 unspecified atom stereocenters. The molecule has 0 rings (SSSR count). The number of aliphatic carboxylic acids is 4. The second kappa shape index (κ2) is 11.6. The fourth-order valence-corrected chi connectivity index (χ4v) is 0.538. The predicted octanol–water partition coefficient (Wildman–Crippen LogP) is -5.30. The number of carboxylic acid groups (broad SMARTS) is 4. The number of carboxylic acids is 4. The van der Waals surface area contributed by atoms with Gasteiger partial charge in [-0.25, -0.2) is 0 Å². The van der Waals surface area contributed by atoms with Gasteiger partial charge in [0.15, 0.2) is 0 Å². The molecule has 0 aliphatic carbocycles. The molecule has 0 saturated heterocycles. The smallest absolute Gasteiger partial charge is 0.550 e. The molecule has 0 amide bonds. The fourth-order valence-electron chi connectivity index (χ4n) is 0.538. The quantitative estimate of drug-likeness (QED) is 0.341. The summed E-state index contributed by atoms with van der Waals surface area (Å²) in [5.41, 5.74) is 9.57. The van der Waals surface area contributed by atoms with Gasteiger partial charge in [-0.15, -0.1) is 0 Å². The van der Waals surface area contributed by atoms with Crippen molar-refractivity contribution >= 4 is 46.9 Å². The Morgan fingerprint density at radius 1 is 0.947 bits per heavy atom. The molecule has 0 aromatic rings. The molecule has 0 aromatic heterocycles. The Bertz CT molecular complexity index is 303. The first-order valence-corrected chi connectivity index (χ1v) is 4.44. The molecule has 0 spiro atoms. The molecule has 6 N–H and O–H groups in total. The van der Waals surface area contributed by atoms with Crippen molar-refractivity contribution in [2.75, 3.05) is 0 Å². The molecule has 0 aliphatic heterocycles. The van der Waals surface area contributed by atoms with Crippen molar-refractivity contribution in [1.29, 1.82) is 0 Å². The first-order valence-electron chi connectivity index (χ1n) is 4.44. The van der Waals surface area contributed by atoms with Crippen LogP contribution in [0.25, 0.3) is 0 Å². The van der Waals surface area contributed by atoms with Gasteiger partial charge < -0.3 is 41.5 Å². The Balaban J connectivity index is -0.000000256. The van der Waals surface area contributed by atoms with Gasteiger partial charge in [0, 0.05) is 18.4 Å². The summed E-state index contributed by atoms with van der Waals surface area (Å²) < 4.78 is 0. The number of hydrogen-bond acceptors (Lipinski definition) is 8. The summed E-state index contributed by atoms with van der Waals surface area (Å²) in [7, 11) is 0. The predicted molar refractivity (Wildman–Crippen MR) is 56.2 cm³/mol. The van der Waals surface area contributed by atoms with Gasteiger partial charge in [-0.3, -0.25) is 9.59 Å². The molecule has 10 nitrogen and oxygen atoms in total. The average Bonchev–Trinajstić information content (AvgIpc) is 2.16. The van der Waals surface area contributed by atoms with E-state index in [0.717, 1.165) is 0 Å². The van der Waals surface area contributed by atoms with Gasteiger partial charge in [0.1, 0.15) is 6.04 Å². The standard InChI is InChI=1S/2C4H7NO4.Mg/c2*5-2(4(8)9)1-3(6)7;/h2*2H,1,5H2,(H,6,7)(H,8,9);/q;;+2/p-2/t2*2-;/m10./s1. The van der Waals surface area contributed by atoms with E-state index in [-0.39, 0.29) is 23.1 Å². The summed E-state index contributed by atoms with van der Waals surface area (Å²) in [6.45, 7) is 0. The molecule has 11 heteroatoms. The minimum absolute atomic E-state index is 0. The maximum absolute atomic E-state index is 9.85. The molecule has 0 heterocycles. The Labute approximate surface area is 123 Å². The molecular formula is C8H12MgN2O8. The largest absolute Gasteiger partial charge is 2.00 e. The van der Waals surface area contributed by atoms with Gasteiger partial charge >= 0.3 is 35.0 Å². The topological polar surface area (TPSA) is 207 Å². The van der Waals surface area contributed by atoms with E-state index < -0.39 is 48.8 Å². The summed E-state index contributed by atoms with van der Waals surface area (Å²) >= 11 is 0. The maximum atomic E-state index is 9.85. The second-order valence-electron chi connectivity index (χ2n) is 3.04. The van der Waals surface area contributed by atoms with Gasteiger partial charge in [0.05, 0.1) is 12.4 Å². The number of rotatable bonds is 6. The Morgan fingerprint density at radius 3 is 1.47 bits per heavy atom. The number of nitrogens with two attached hydrogens (primary N) is 2. The first-order chi connectivity index (χ1) is 8.07. The van der Waals surface area contributed by atoms with E-state index in [2.05, 4.69) is 0 Å². The van der Waals surface area contributed by atoms with E-state index in [9.17, 15) is 29.4 Å². The van der Waals surface area contributed by atoms with Crippen LogP contribution < -0.4 is 21.7 Å². The molecule has 0 aromatic carbocycles. The van der Waals surface area contributed by atoms with Crippen LogP contribution in [-0.4, -0.2) is 69.2 Å². The third-order valence-corrected chi connectivity index (χ3v) is 1.40. The third kappa shape index (κ3) is 16.6. The number of carbonyl (C=O) groups excluding carboxylic acids is 2. The van der Waals surface area contributed by atoms with Crippen molar-refractivity contribution in [1.82, 2.24) is 0 Å². The summed E-state index contributed by atoms with van der Waals surface area (Å²) in [5, 5.41) is 35.4.